The molecule has 1 saturated carbocycles. The van der Waals surface area contributed by atoms with E-state index in [-0.39, 0.29) is 109 Å². The average molecular weight is 1870 g/mol. The van der Waals surface area contributed by atoms with Gasteiger partial charge in [0.2, 0.25) is 0 Å². The van der Waals surface area contributed by atoms with Crippen LogP contribution < -0.4 is 95.7 Å². The third-order valence-corrected chi connectivity index (χ3v) is 18.8. The Bertz CT molecular complexity index is 1810. The first kappa shape index (κ1) is 110. The van der Waals surface area contributed by atoms with Gasteiger partial charge in [-0.1, -0.05) is 25.3 Å². The molecule has 5 heterocycles. The fourth-order valence-corrected chi connectivity index (χ4v) is 12.1. The summed E-state index contributed by atoms with van der Waals surface area (Å²) in [5, 5.41) is 110. The van der Waals surface area contributed by atoms with E-state index in [0.717, 1.165) is 136 Å². The first-order valence-corrected chi connectivity index (χ1v) is 52.8. The molecule has 1 aliphatic carbocycles. The van der Waals surface area contributed by atoms with Crippen LogP contribution >= 0.6 is 104 Å². The van der Waals surface area contributed by atoms with Gasteiger partial charge in [0.1, 0.15) is 0 Å². The van der Waals surface area contributed by atoms with E-state index in [1.807, 2.05) is 29.6 Å². The van der Waals surface area contributed by atoms with Gasteiger partial charge in [-0.05, 0) is 104 Å². The van der Waals surface area contributed by atoms with Crippen molar-refractivity contribution in [1.29, 1.82) is 0 Å². The van der Waals surface area contributed by atoms with Gasteiger partial charge in [0, 0.05) is 222 Å². The minimum absolute atomic E-state index is 0.00639. The number of aliphatic hydroxyl groups excluding tert-OH is 4. The van der Waals surface area contributed by atoms with Gasteiger partial charge in [-0.15, -0.1) is 19.1 Å². The SMILES string of the molecule is CSCC[C@@H]1CNC2CCCCC2NC[C@@H](CCSC)NCCNCC[N-]1.C[C@@H]1CN[C@@H](COCc2ccoc2)CN[C@H](C)CN[C@@H](C)CNCCN1.C[C@@H]1NCCNCCNCCNCCN[C@H]1C.OC[C@@H]1CNCCN[C@@H](CO)CN[C@H](CO)CN[C@@H](CO)C[N-]1.[Cl][Mn][Cl].[Cl][Mn][Cl].[Cl][Mn][Cl].[Cl][Mn][Cl]. The van der Waals surface area contributed by atoms with Crippen molar-refractivity contribution in [3.8, 4) is 0 Å². The van der Waals surface area contributed by atoms with Crippen molar-refractivity contribution in [1.82, 2.24) is 95.7 Å². The molecular formula is C65H140Cl8Mn4N20O6S2-2. The van der Waals surface area contributed by atoms with E-state index >= 15 is 0 Å². The van der Waals surface area contributed by atoms with Crippen molar-refractivity contribution in [3.05, 3.63) is 34.8 Å². The molecule has 5 aliphatic rings. The summed E-state index contributed by atoms with van der Waals surface area (Å²) in [4.78, 5) is 0. The molecule has 0 amide bonds. The number of thioether (sulfide) groups is 2. The molecule has 4 saturated heterocycles. The molecule has 105 heavy (non-hydrogen) atoms. The Kier molecular flexibility index (Phi) is 89.7. The predicted octanol–water partition coefficient (Wildman–Crippen LogP) is 2.99. The number of rotatable bonds is 14. The Morgan fingerprint density at radius 2 is 0.857 bits per heavy atom. The van der Waals surface area contributed by atoms with Crippen molar-refractivity contribution in [2.75, 3.05) is 227 Å². The van der Waals surface area contributed by atoms with Crippen LogP contribution in [0.4, 0.5) is 0 Å². The van der Waals surface area contributed by atoms with Crippen molar-refractivity contribution in [2.45, 2.75) is 164 Å². The van der Waals surface area contributed by atoms with Crippen LogP contribution in [0, 0.1) is 0 Å². The zero-order valence-electron chi connectivity index (χ0n) is 63.5. The molecule has 40 heteroatoms. The van der Waals surface area contributed by atoms with E-state index < -0.39 is 0 Å². The fraction of sp³-hybridized carbons (Fsp3) is 0.938. The minimum atomic E-state index is -0.212. The average Bonchev–Trinajstić information content (AvgIpc) is 1.20. The maximum absolute atomic E-state index is 9.43. The quantitative estimate of drug-likeness (QED) is 0.119. The molecular weight excluding hydrogens is 1720 g/mol. The van der Waals surface area contributed by atoms with Crippen LogP contribution in [0.2, 0.25) is 0 Å². The summed E-state index contributed by atoms with van der Waals surface area (Å²) in [6.45, 7) is 35.8. The summed E-state index contributed by atoms with van der Waals surface area (Å²) in [5.41, 5.74) is 1.07. The first-order valence-electron chi connectivity index (χ1n) is 37.0. The van der Waals surface area contributed by atoms with Crippen molar-refractivity contribution in [2.24, 2.45) is 0 Å². The number of halogens is 8. The van der Waals surface area contributed by atoms with E-state index in [0.29, 0.717) is 107 Å². The fourth-order valence-electron chi connectivity index (χ4n) is 11.1. The Morgan fingerprint density at radius 1 is 0.429 bits per heavy atom. The van der Waals surface area contributed by atoms with Gasteiger partial charge < -0.3 is 136 Å². The Balaban J connectivity index is 0. The summed E-state index contributed by atoms with van der Waals surface area (Å²) in [6.07, 6.45) is 15.6. The second kappa shape index (κ2) is 85.3. The monoisotopic (exact) mass is 1860 g/mol. The summed E-state index contributed by atoms with van der Waals surface area (Å²) in [6, 6.07) is 6.11. The van der Waals surface area contributed by atoms with Gasteiger partial charge >= 0.3 is 133 Å². The van der Waals surface area contributed by atoms with Crippen LogP contribution in [0.1, 0.15) is 78.7 Å². The standard InChI is InChI=1S/C20H42N5S2.C19H37N5O2.C14H32N5O4.C12H29N5.8ClH.4Mn/c1-26-13-7-17-15-24-19-5-3-4-6-20(19)25-16-18(8-14-27-2)23-12-10-21-9-11-22-17;1-15-8-20-5-6-21-16(2)10-24-19(11-23-17(3)9-22-15)14-26-13-18-4-7-25-12-18;20-7-11-3-15-1-2-16-12(8-21)4-18-14(10-23)6-19-13(9-22)5-17-11;1-11-12(2)17-10-8-15-6-4-13-3-5-14-7-9-16-11;;;;;;;;;;;;/h17-22,24-25H,3-16H2,1-2H3;4,7,12,15-17,19-24H,5-6,8-11,13-14H2,1-3H3;11-16,18-23H,1-10H2;11-17H,3-10H2,1-2H3;8*1H;;;;/q-1;;-1;;;;;;;;;;4*+2/p-8/t17-,18-,19?,20?;15-,16+,17+,19+;11-,12+,13+,14-;11-,12-;;;;;;;;;;;;/m1000............/s1. The summed E-state index contributed by atoms with van der Waals surface area (Å²) >= 11 is 3.92. The Labute approximate surface area is 701 Å². The topological polar surface area (TPSA) is 348 Å². The number of fused-ring (bicyclic) bond motifs is 1. The normalized spacial score (nSPS) is 28.8. The van der Waals surface area contributed by atoms with Crippen LogP contribution in [-0.4, -0.2) is 332 Å². The number of aliphatic hydroxyl groups is 4. The summed E-state index contributed by atoms with van der Waals surface area (Å²) in [7, 11) is 38.4. The maximum atomic E-state index is 9.43. The van der Waals surface area contributed by atoms with E-state index in [2.05, 4.69) is 148 Å². The molecule has 1 aromatic rings. The molecule has 2 unspecified atom stereocenters. The van der Waals surface area contributed by atoms with Gasteiger partial charge in [0.15, 0.2) is 0 Å². The third kappa shape index (κ3) is 71.2. The molecule has 22 N–H and O–H groups in total. The van der Waals surface area contributed by atoms with Crippen molar-refractivity contribution in [3.63, 3.8) is 0 Å². The van der Waals surface area contributed by atoms with Crippen molar-refractivity contribution >= 4 is 104 Å². The number of ether oxygens (including phenoxy) is 1. The van der Waals surface area contributed by atoms with Gasteiger partial charge in [-0.3, -0.25) is 0 Å². The van der Waals surface area contributed by atoms with E-state index in [9.17, 15) is 20.4 Å². The molecule has 4 aliphatic heterocycles. The zero-order chi connectivity index (χ0) is 77.9. The summed E-state index contributed by atoms with van der Waals surface area (Å²) < 4.78 is 11.0. The number of hydrogen-bond donors (Lipinski definition) is 22. The number of nitrogens with zero attached hydrogens (tertiary/aromatic N) is 2. The van der Waals surface area contributed by atoms with Crippen LogP contribution in [0.15, 0.2) is 23.0 Å². The first-order chi connectivity index (χ1) is 51.1. The number of nitrogens with one attached hydrogen (secondary N) is 18. The van der Waals surface area contributed by atoms with Crippen LogP contribution in [0.5, 0.6) is 0 Å². The van der Waals surface area contributed by atoms with Crippen molar-refractivity contribution < 1.29 is 82.1 Å². The van der Waals surface area contributed by atoms with Crippen LogP contribution in [0.25, 0.3) is 10.6 Å². The van der Waals surface area contributed by atoms with E-state index in [1.54, 1.807) is 12.5 Å². The van der Waals surface area contributed by atoms with Gasteiger partial charge in [-0.2, -0.15) is 23.5 Å². The van der Waals surface area contributed by atoms with E-state index in [1.165, 1.54) is 50.0 Å². The third-order valence-electron chi connectivity index (χ3n) is 17.5. The zero-order valence-corrected chi connectivity index (χ0v) is 75.9. The predicted molar refractivity (Wildman–Crippen MR) is 439 cm³/mol. The molecule has 26 nitrogen and oxygen atoms in total. The van der Waals surface area contributed by atoms with Gasteiger partial charge in [0.25, 0.3) is 0 Å². The summed E-state index contributed by atoms with van der Waals surface area (Å²) in [5.74, 6) is 2.44. The molecule has 0 spiro atoms. The van der Waals surface area contributed by atoms with Crippen LogP contribution in [0.3, 0.4) is 0 Å². The molecule has 634 valence electrons. The van der Waals surface area contributed by atoms with Crippen LogP contribution in [-0.2, 0) is 63.9 Å². The number of furan rings is 1. The molecule has 5 fully saturated rings. The van der Waals surface area contributed by atoms with Gasteiger partial charge in [-0.25, -0.2) is 0 Å². The Morgan fingerprint density at radius 3 is 1.41 bits per heavy atom. The molecule has 0 radical (unpaired) electrons. The van der Waals surface area contributed by atoms with E-state index in [4.69, 9.17) is 95.3 Å². The molecule has 1 aromatic heterocycles. The molecule has 6 rings (SSSR count). The molecule has 0 aromatic carbocycles. The van der Waals surface area contributed by atoms with Gasteiger partial charge in [0.05, 0.1) is 45.6 Å². The second-order valence-electron chi connectivity index (χ2n) is 26.0. The number of hydrogen-bond acceptors (Lipinski definition) is 26. The molecule has 14 atom stereocenters. The molecule has 0 bridgehead atoms. The Hall–Kier alpha value is 3.38. The second-order valence-corrected chi connectivity index (χ2v) is 35.8.